The number of aryl methyl sites for hydroxylation is 1. The average Bonchev–Trinajstić information content (AvgIpc) is 2.71. The average molecular weight is 360 g/mol. The van der Waals surface area contributed by atoms with Crippen LogP contribution in [-0.2, 0) is 0 Å². The fourth-order valence-electron chi connectivity index (χ4n) is 3.48. The van der Waals surface area contributed by atoms with E-state index in [4.69, 9.17) is 9.97 Å². The van der Waals surface area contributed by atoms with Gasteiger partial charge in [0.25, 0.3) is 0 Å². The second-order valence-electron chi connectivity index (χ2n) is 6.94. The molecule has 0 aliphatic carbocycles. The molecule has 2 heterocycles. The van der Waals surface area contributed by atoms with Crippen LogP contribution in [0.5, 0.6) is 5.75 Å². The van der Waals surface area contributed by atoms with Gasteiger partial charge < -0.3 is 14.9 Å². The first-order valence-corrected chi connectivity index (χ1v) is 9.31. The van der Waals surface area contributed by atoms with Gasteiger partial charge in [0.2, 0.25) is 0 Å². The summed E-state index contributed by atoms with van der Waals surface area (Å²) in [5.41, 5.74) is 4.37. The summed E-state index contributed by atoms with van der Waals surface area (Å²) in [6, 6.07) is 17.6. The van der Waals surface area contributed by atoms with Crippen molar-refractivity contribution in [1.29, 1.82) is 0 Å². The molecule has 1 saturated heterocycles. The van der Waals surface area contributed by atoms with Crippen molar-refractivity contribution in [2.45, 2.75) is 13.8 Å². The van der Waals surface area contributed by atoms with Crippen LogP contribution >= 0.6 is 0 Å². The largest absolute Gasteiger partial charge is 0.508 e. The first kappa shape index (κ1) is 17.3. The summed E-state index contributed by atoms with van der Waals surface area (Å²) in [5.74, 6) is 2.12. The number of nitrogens with zero attached hydrogens (tertiary/aromatic N) is 4. The van der Waals surface area contributed by atoms with E-state index in [0.717, 1.165) is 60.3 Å². The van der Waals surface area contributed by atoms with E-state index in [1.54, 1.807) is 12.1 Å². The quantitative estimate of drug-likeness (QED) is 0.770. The van der Waals surface area contributed by atoms with Crippen LogP contribution in [0, 0.1) is 13.8 Å². The number of aromatic nitrogens is 2. The molecule has 4 rings (SSSR count). The number of piperazine rings is 1. The molecule has 5 nitrogen and oxygen atoms in total. The topological polar surface area (TPSA) is 52.5 Å². The number of hydrogen-bond donors (Lipinski definition) is 1. The van der Waals surface area contributed by atoms with Crippen LogP contribution in [0.15, 0.2) is 54.6 Å². The lowest BCUT2D eigenvalue weighted by atomic mass is 10.1. The molecule has 0 atom stereocenters. The zero-order valence-corrected chi connectivity index (χ0v) is 15.8. The van der Waals surface area contributed by atoms with Gasteiger partial charge in [-0.15, -0.1) is 0 Å². The number of hydrogen-bond acceptors (Lipinski definition) is 5. The summed E-state index contributed by atoms with van der Waals surface area (Å²) < 4.78 is 0. The van der Waals surface area contributed by atoms with E-state index >= 15 is 0 Å². The van der Waals surface area contributed by atoms with Crippen molar-refractivity contribution in [3.8, 4) is 17.1 Å². The zero-order valence-electron chi connectivity index (χ0n) is 15.8. The molecule has 0 bridgehead atoms. The molecular formula is C22H24N4O. The van der Waals surface area contributed by atoms with E-state index in [1.165, 1.54) is 0 Å². The van der Waals surface area contributed by atoms with Crippen molar-refractivity contribution in [2.75, 3.05) is 36.0 Å². The fourth-order valence-corrected chi connectivity index (χ4v) is 3.48. The van der Waals surface area contributed by atoms with Crippen molar-refractivity contribution in [3.63, 3.8) is 0 Å². The van der Waals surface area contributed by atoms with Crippen LogP contribution in [-0.4, -0.2) is 41.3 Å². The summed E-state index contributed by atoms with van der Waals surface area (Å²) in [5, 5.41) is 9.48. The minimum absolute atomic E-state index is 0.304. The van der Waals surface area contributed by atoms with Crippen LogP contribution in [0.25, 0.3) is 11.4 Å². The molecule has 1 aliphatic heterocycles. The van der Waals surface area contributed by atoms with Crippen molar-refractivity contribution >= 4 is 11.5 Å². The highest BCUT2D eigenvalue weighted by Gasteiger charge is 2.21. The second kappa shape index (κ2) is 7.27. The molecule has 0 spiro atoms. The molecule has 2 aromatic carbocycles. The third kappa shape index (κ3) is 3.58. The molecule has 0 unspecified atom stereocenters. The lowest BCUT2D eigenvalue weighted by molar-refractivity contribution is 0.475. The van der Waals surface area contributed by atoms with Crippen LogP contribution < -0.4 is 9.80 Å². The van der Waals surface area contributed by atoms with Gasteiger partial charge in [-0.25, -0.2) is 9.97 Å². The molecule has 1 aromatic heterocycles. The highest BCUT2D eigenvalue weighted by atomic mass is 16.3. The Bertz CT molecular complexity index is 917. The normalized spacial score (nSPS) is 14.4. The summed E-state index contributed by atoms with van der Waals surface area (Å²) in [7, 11) is 0. The Morgan fingerprint density at radius 3 is 2.07 bits per heavy atom. The summed E-state index contributed by atoms with van der Waals surface area (Å²) >= 11 is 0. The van der Waals surface area contributed by atoms with Crippen molar-refractivity contribution < 1.29 is 5.11 Å². The molecule has 138 valence electrons. The SMILES string of the molecule is Cc1nc(-c2ccccc2)nc(N2CCN(c3ccc(O)cc3)CC2)c1C. The first-order valence-electron chi connectivity index (χ1n) is 9.31. The maximum atomic E-state index is 9.48. The summed E-state index contributed by atoms with van der Waals surface area (Å²) in [6.45, 7) is 7.83. The monoisotopic (exact) mass is 360 g/mol. The predicted molar refractivity (Wildman–Crippen MR) is 109 cm³/mol. The molecule has 3 aromatic rings. The standard InChI is InChI=1S/C22H24N4O/c1-16-17(2)23-21(18-6-4-3-5-7-18)24-22(16)26-14-12-25(13-15-26)19-8-10-20(27)11-9-19/h3-11,27H,12-15H2,1-2H3. The Kier molecular flexibility index (Phi) is 4.67. The van der Waals surface area contributed by atoms with E-state index in [1.807, 2.05) is 30.3 Å². The second-order valence-corrected chi connectivity index (χ2v) is 6.94. The van der Waals surface area contributed by atoms with Crippen LogP contribution in [0.3, 0.4) is 0 Å². The molecule has 1 aliphatic rings. The van der Waals surface area contributed by atoms with E-state index < -0.39 is 0 Å². The lowest BCUT2D eigenvalue weighted by Gasteiger charge is -2.37. The minimum atomic E-state index is 0.304. The summed E-state index contributed by atoms with van der Waals surface area (Å²) in [4.78, 5) is 14.3. The Morgan fingerprint density at radius 2 is 1.41 bits per heavy atom. The number of phenols is 1. The van der Waals surface area contributed by atoms with Gasteiger partial charge in [-0.3, -0.25) is 0 Å². The maximum absolute atomic E-state index is 9.48. The Balaban J connectivity index is 1.56. The van der Waals surface area contributed by atoms with Gasteiger partial charge in [-0.1, -0.05) is 30.3 Å². The molecule has 0 saturated carbocycles. The highest BCUT2D eigenvalue weighted by Crippen LogP contribution is 2.26. The van der Waals surface area contributed by atoms with E-state index in [-0.39, 0.29) is 0 Å². The molecular weight excluding hydrogens is 336 g/mol. The first-order chi connectivity index (χ1) is 13.1. The van der Waals surface area contributed by atoms with Crippen LogP contribution in [0.2, 0.25) is 0 Å². The number of rotatable bonds is 3. The van der Waals surface area contributed by atoms with Gasteiger partial charge in [-0.05, 0) is 38.1 Å². The number of benzene rings is 2. The minimum Gasteiger partial charge on any atom is -0.508 e. The Hall–Kier alpha value is -3.08. The Morgan fingerprint density at radius 1 is 0.778 bits per heavy atom. The Labute approximate surface area is 159 Å². The van der Waals surface area contributed by atoms with E-state index in [9.17, 15) is 5.11 Å². The van der Waals surface area contributed by atoms with Gasteiger partial charge in [0, 0.05) is 48.7 Å². The predicted octanol–water partition coefficient (Wildman–Crippen LogP) is 3.79. The van der Waals surface area contributed by atoms with E-state index in [0.29, 0.717) is 5.75 Å². The van der Waals surface area contributed by atoms with Crippen molar-refractivity contribution in [1.82, 2.24) is 9.97 Å². The lowest BCUT2D eigenvalue weighted by Crippen LogP contribution is -2.47. The molecule has 27 heavy (non-hydrogen) atoms. The van der Waals surface area contributed by atoms with E-state index in [2.05, 4.69) is 35.8 Å². The zero-order chi connectivity index (χ0) is 18.8. The third-order valence-electron chi connectivity index (χ3n) is 5.19. The van der Waals surface area contributed by atoms with Gasteiger partial charge in [0.15, 0.2) is 5.82 Å². The molecule has 0 amide bonds. The maximum Gasteiger partial charge on any atom is 0.161 e. The summed E-state index contributed by atoms with van der Waals surface area (Å²) in [6.07, 6.45) is 0. The number of phenolic OH excluding ortho intramolecular Hbond substituents is 1. The highest BCUT2D eigenvalue weighted by molar-refractivity contribution is 5.61. The molecule has 0 radical (unpaired) electrons. The van der Waals surface area contributed by atoms with Crippen LogP contribution in [0.4, 0.5) is 11.5 Å². The molecule has 5 heteroatoms. The molecule has 1 N–H and O–H groups in total. The fraction of sp³-hybridized carbons (Fsp3) is 0.273. The van der Waals surface area contributed by atoms with Gasteiger partial charge >= 0.3 is 0 Å². The van der Waals surface area contributed by atoms with Crippen molar-refractivity contribution in [2.24, 2.45) is 0 Å². The number of aromatic hydroxyl groups is 1. The van der Waals surface area contributed by atoms with Gasteiger partial charge in [0.05, 0.1) is 0 Å². The molecule has 1 fully saturated rings. The number of anilines is 2. The van der Waals surface area contributed by atoms with Gasteiger partial charge in [0.1, 0.15) is 11.6 Å². The van der Waals surface area contributed by atoms with Gasteiger partial charge in [-0.2, -0.15) is 0 Å². The van der Waals surface area contributed by atoms with Crippen LogP contribution in [0.1, 0.15) is 11.3 Å². The third-order valence-corrected chi connectivity index (χ3v) is 5.19. The van der Waals surface area contributed by atoms with Crippen molar-refractivity contribution in [3.05, 3.63) is 65.9 Å². The smallest absolute Gasteiger partial charge is 0.161 e.